The molecule has 0 aromatic heterocycles. The van der Waals surface area contributed by atoms with Crippen LogP contribution in [0.3, 0.4) is 0 Å². The molecule has 0 spiro atoms. The van der Waals surface area contributed by atoms with E-state index in [1.807, 2.05) is 30.3 Å². The molecular weight excluding hydrogens is 176 g/mol. The van der Waals surface area contributed by atoms with Gasteiger partial charge in [-0.2, -0.15) is 0 Å². The van der Waals surface area contributed by atoms with Crippen molar-refractivity contribution in [2.24, 2.45) is 0 Å². The highest BCUT2D eigenvalue weighted by molar-refractivity contribution is 5.72. The first-order chi connectivity index (χ1) is 6.83. The van der Waals surface area contributed by atoms with Gasteiger partial charge in [-0.15, -0.1) is 0 Å². The zero-order valence-corrected chi connectivity index (χ0v) is 8.53. The summed E-state index contributed by atoms with van der Waals surface area (Å²) in [5.74, 6) is -0.135. The lowest BCUT2D eigenvalue weighted by molar-refractivity contribution is -0.142. The SMILES string of the molecule is CCCCOC(=O)Cc1ccccc1. The van der Waals surface area contributed by atoms with Gasteiger partial charge in [0.1, 0.15) is 0 Å². The van der Waals surface area contributed by atoms with Crippen LogP contribution in [0.25, 0.3) is 0 Å². The van der Waals surface area contributed by atoms with Gasteiger partial charge >= 0.3 is 5.97 Å². The van der Waals surface area contributed by atoms with Crippen LogP contribution in [0, 0.1) is 0 Å². The maximum atomic E-state index is 11.3. The van der Waals surface area contributed by atoms with Gasteiger partial charge in [0.15, 0.2) is 0 Å². The topological polar surface area (TPSA) is 26.3 Å². The molecule has 0 amide bonds. The Labute approximate surface area is 84.9 Å². The van der Waals surface area contributed by atoms with E-state index >= 15 is 0 Å². The number of esters is 1. The van der Waals surface area contributed by atoms with Crippen molar-refractivity contribution in [2.45, 2.75) is 26.2 Å². The van der Waals surface area contributed by atoms with E-state index in [4.69, 9.17) is 4.74 Å². The monoisotopic (exact) mass is 192 g/mol. The normalized spacial score (nSPS) is 9.79. The predicted molar refractivity (Wildman–Crippen MR) is 56.0 cm³/mol. The quantitative estimate of drug-likeness (QED) is 0.529. The number of carbonyl (C=O) groups is 1. The van der Waals surface area contributed by atoms with Crippen molar-refractivity contribution in [3.8, 4) is 0 Å². The summed E-state index contributed by atoms with van der Waals surface area (Å²) in [7, 11) is 0. The van der Waals surface area contributed by atoms with Gasteiger partial charge in [0.25, 0.3) is 0 Å². The molecule has 0 atom stereocenters. The Morgan fingerprint density at radius 3 is 2.64 bits per heavy atom. The second kappa shape index (κ2) is 6.19. The Balaban J connectivity index is 2.27. The van der Waals surface area contributed by atoms with Crippen LogP contribution < -0.4 is 0 Å². The Morgan fingerprint density at radius 2 is 2.00 bits per heavy atom. The second-order valence-electron chi connectivity index (χ2n) is 3.24. The Morgan fingerprint density at radius 1 is 1.29 bits per heavy atom. The van der Waals surface area contributed by atoms with Gasteiger partial charge < -0.3 is 4.74 Å². The highest BCUT2D eigenvalue weighted by atomic mass is 16.5. The fraction of sp³-hybridized carbons (Fsp3) is 0.417. The zero-order chi connectivity index (χ0) is 10.2. The second-order valence-corrected chi connectivity index (χ2v) is 3.24. The molecule has 1 aromatic carbocycles. The smallest absolute Gasteiger partial charge is 0.310 e. The number of hydrogen-bond donors (Lipinski definition) is 0. The molecule has 1 rings (SSSR count). The first kappa shape index (κ1) is 10.8. The van der Waals surface area contributed by atoms with E-state index in [0.717, 1.165) is 18.4 Å². The number of unbranched alkanes of at least 4 members (excludes halogenated alkanes) is 1. The van der Waals surface area contributed by atoms with Crippen molar-refractivity contribution >= 4 is 5.97 Å². The van der Waals surface area contributed by atoms with Crippen LogP contribution in [0.2, 0.25) is 0 Å². The van der Waals surface area contributed by atoms with Crippen LogP contribution in [0.5, 0.6) is 0 Å². The molecule has 0 heterocycles. The predicted octanol–water partition coefficient (Wildman–Crippen LogP) is 2.57. The highest BCUT2D eigenvalue weighted by Crippen LogP contribution is 2.01. The van der Waals surface area contributed by atoms with E-state index in [-0.39, 0.29) is 5.97 Å². The van der Waals surface area contributed by atoms with Crippen LogP contribution >= 0.6 is 0 Å². The van der Waals surface area contributed by atoms with Crippen molar-refractivity contribution in [3.63, 3.8) is 0 Å². The lowest BCUT2D eigenvalue weighted by Gasteiger charge is -2.03. The van der Waals surface area contributed by atoms with Crippen LogP contribution in [0.1, 0.15) is 25.3 Å². The van der Waals surface area contributed by atoms with E-state index in [2.05, 4.69) is 6.92 Å². The van der Waals surface area contributed by atoms with Gasteiger partial charge in [-0.25, -0.2) is 0 Å². The number of carbonyl (C=O) groups excluding carboxylic acids is 1. The average Bonchev–Trinajstić information content (AvgIpc) is 2.20. The van der Waals surface area contributed by atoms with Crippen molar-refractivity contribution in [1.29, 1.82) is 0 Å². The first-order valence-electron chi connectivity index (χ1n) is 5.02. The van der Waals surface area contributed by atoms with Gasteiger partial charge in [0.05, 0.1) is 13.0 Å². The summed E-state index contributed by atoms with van der Waals surface area (Å²) in [4.78, 5) is 11.3. The molecule has 0 saturated heterocycles. The minimum absolute atomic E-state index is 0.135. The Kier molecular flexibility index (Phi) is 4.76. The molecule has 76 valence electrons. The molecule has 2 heteroatoms. The summed E-state index contributed by atoms with van der Waals surface area (Å²) in [5, 5.41) is 0. The molecule has 14 heavy (non-hydrogen) atoms. The molecular formula is C12H16O2. The molecule has 1 aromatic rings. The number of rotatable bonds is 5. The maximum absolute atomic E-state index is 11.3. The van der Waals surface area contributed by atoms with Gasteiger partial charge in [-0.05, 0) is 12.0 Å². The minimum atomic E-state index is -0.135. The molecule has 0 aliphatic rings. The molecule has 0 saturated carbocycles. The van der Waals surface area contributed by atoms with E-state index in [1.165, 1.54) is 0 Å². The number of benzene rings is 1. The van der Waals surface area contributed by atoms with Crippen molar-refractivity contribution < 1.29 is 9.53 Å². The summed E-state index contributed by atoms with van der Waals surface area (Å²) in [6.07, 6.45) is 2.38. The first-order valence-corrected chi connectivity index (χ1v) is 5.02. The average molecular weight is 192 g/mol. The van der Waals surface area contributed by atoms with E-state index < -0.39 is 0 Å². The third-order valence-corrected chi connectivity index (χ3v) is 1.95. The van der Waals surface area contributed by atoms with E-state index in [9.17, 15) is 4.79 Å². The molecule has 0 unspecified atom stereocenters. The Bertz CT molecular complexity index is 267. The van der Waals surface area contributed by atoms with Crippen LogP contribution in [-0.2, 0) is 16.0 Å². The number of hydrogen-bond acceptors (Lipinski definition) is 2. The zero-order valence-electron chi connectivity index (χ0n) is 8.53. The third-order valence-electron chi connectivity index (χ3n) is 1.95. The molecule has 0 aliphatic carbocycles. The molecule has 2 nitrogen and oxygen atoms in total. The molecule has 0 N–H and O–H groups in total. The summed E-state index contributed by atoms with van der Waals surface area (Å²) in [6.45, 7) is 2.62. The fourth-order valence-electron chi connectivity index (χ4n) is 1.14. The molecule has 0 fully saturated rings. The van der Waals surface area contributed by atoms with Gasteiger partial charge in [-0.1, -0.05) is 43.7 Å². The van der Waals surface area contributed by atoms with E-state index in [1.54, 1.807) is 0 Å². The summed E-state index contributed by atoms with van der Waals surface area (Å²) in [5.41, 5.74) is 1.01. The molecule has 0 bridgehead atoms. The highest BCUT2D eigenvalue weighted by Gasteiger charge is 2.02. The van der Waals surface area contributed by atoms with Crippen molar-refractivity contribution in [3.05, 3.63) is 35.9 Å². The lowest BCUT2D eigenvalue weighted by Crippen LogP contribution is -2.08. The molecule has 0 aliphatic heterocycles. The van der Waals surface area contributed by atoms with Gasteiger partial charge in [0.2, 0.25) is 0 Å². The standard InChI is InChI=1S/C12H16O2/c1-2-3-9-14-12(13)10-11-7-5-4-6-8-11/h4-8H,2-3,9-10H2,1H3. The van der Waals surface area contributed by atoms with Crippen LogP contribution in [0.4, 0.5) is 0 Å². The summed E-state index contributed by atoms with van der Waals surface area (Å²) in [6, 6.07) is 9.65. The third kappa shape index (κ3) is 4.08. The van der Waals surface area contributed by atoms with Gasteiger partial charge in [0, 0.05) is 0 Å². The lowest BCUT2D eigenvalue weighted by atomic mass is 10.2. The van der Waals surface area contributed by atoms with Crippen LogP contribution in [-0.4, -0.2) is 12.6 Å². The summed E-state index contributed by atoms with van der Waals surface area (Å²) >= 11 is 0. The Hall–Kier alpha value is -1.31. The summed E-state index contributed by atoms with van der Waals surface area (Å²) < 4.78 is 5.05. The van der Waals surface area contributed by atoms with E-state index in [0.29, 0.717) is 13.0 Å². The van der Waals surface area contributed by atoms with Crippen molar-refractivity contribution in [2.75, 3.05) is 6.61 Å². The van der Waals surface area contributed by atoms with Crippen molar-refractivity contribution in [1.82, 2.24) is 0 Å². The minimum Gasteiger partial charge on any atom is -0.465 e. The van der Waals surface area contributed by atoms with Crippen LogP contribution in [0.15, 0.2) is 30.3 Å². The largest absolute Gasteiger partial charge is 0.465 e. The number of ether oxygens (including phenoxy) is 1. The molecule has 0 radical (unpaired) electrons. The van der Waals surface area contributed by atoms with Gasteiger partial charge in [-0.3, -0.25) is 4.79 Å². The maximum Gasteiger partial charge on any atom is 0.310 e. The fourth-order valence-corrected chi connectivity index (χ4v) is 1.14.